The fourth-order valence-electron chi connectivity index (χ4n) is 3.58. The number of fused-ring (bicyclic) bond motifs is 1. The monoisotopic (exact) mass is 390 g/mol. The van der Waals surface area contributed by atoms with Crippen molar-refractivity contribution in [1.82, 2.24) is 14.8 Å². The maximum absolute atomic E-state index is 12.8. The van der Waals surface area contributed by atoms with Crippen LogP contribution in [-0.2, 0) is 17.8 Å². The molecule has 1 atom stereocenters. The molecule has 0 radical (unpaired) electrons. The first kappa shape index (κ1) is 17.6. The van der Waals surface area contributed by atoms with Crippen molar-refractivity contribution in [2.45, 2.75) is 38.8 Å². The molecular formula is C18H22N4O2S2. The highest BCUT2D eigenvalue weighted by Gasteiger charge is 2.35. The Morgan fingerprint density at radius 2 is 2.27 bits per heavy atom. The van der Waals surface area contributed by atoms with Gasteiger partial charge in [0.15, 0.2) is 5.13 Å². The molecule has 2 aromatic heterocycles. The number of nitrogens with one attached hydrogen (secondary N) is 1. The highest BCUT2D eigenvalue weighted by Crippen LogP contribution is 2.29. The van der Waals surface area contributed by atoms with Gasteiger partial charge in [-0.15, -0.1) is 22.7 Å². The highest BCUT2D eigenvalue weighted by molar-refractivity contribution is 7.15. The average Bonchev–Trinajstić information content (AvgIpc) is 3.39. The summed E-state index contributed by atoms with van der Waals surface area (Å²) in [6.45, 7) is 5.75. The van der Waals surface area contributed by atoms with Crippen LogP contribution in [0.2, 0.25) is 0 Å². The fourth-order valence-corrected chi connectivity index (χ4v) is 5.32. The van der Waals surface area contributed by atoms with Crippen LogP contribution in [0.1, 0.15) is 40.0 Å². The van der Waals surface area contributed by atoms with E-state index in [0.29, 0.717) is 23.0 Å². The number of hydrogen-bond acceptors (Lipinski definition) is 6. The highest BCUT2D eigenvalue weighted by atomic mass is 32.1. The Balaban J connectivity index is 1.45. The summed E-state index contributed by atoms with van der Waals surface area (Å²) in [7, 11) is 0. The van der Waals surface area contributed by atoms with Crippen LogP contribution in [0.3, 0.4) is 0 Å². The van der Waals surface area contributed by atoms with Crippen molar-refractivity contribution in [2.75, 3.05) is 25.0 Å². The minimum Gasteiger partial charge on any atom is -0.326 e. The molecule has 0 aliphatic carbocycles. The minimum absolute atomic E-state index is 0.0466. The average molecular weight is 391 g/mol. The van der Waals surface area contributed by atoms with Crippen LogP contribution in [0.15, 0.2) is 17.5 Å². The Bertz CT molecular complexity index is 802. The smallest absolute Gasteiger partial charge is 0.264 e. The molecule has 2 aromatic rings. The minimum atomic E-state index is -0.405. The molecule has 6 nitrogen and oxygen atoms in total. The Morgan fingerprint density at radius 3 is 3.04 bits per heavy atom. The molecule has 1 fully saturated rings. The number of hydrogen-bond donors (Lipinski definition) is 1. The summed E-state index contributed by atoms with van der Waals surface area (Å²) >= 11 is 2.98. The molecule has 0 spiro atoms. The maximum Gasteiger partial charge on any atom is 0.264 e. The lowest BCUT2D eigenvalue weighted by Crippen LogP contribution is -2.42. The van der Waals surface area contributed by atoms with E-state index in [1.54, 1.807) is 16.2 Å². The molecule has 2 amide bonds. The molecule has 0 unspecified atom stereocenters. The summed E-state index contributed by atoms with van der Waals surface area (Å²) in [5.41, 5.74) is 1.10. The molecule has 138 valence electrons. The Kier molecular flexibility index (Phi) is 5.06. The van der Waals surface area contributed by atoms with Gasteiger partial charge in [-0.25, -0.2) is 4.98 Å². The van der Waals surface area contributed by atoms with E-state index < -0.39 is 6.04 Å². The second-order valence-corrected chi connectivity index (χ2v) is 8.66. The van der Waals surface area contributed by atoms with Gasteiger partial charge in [-0.3, -0.25) is 14.5 Å². The van der Waals surface area contributed by atoms with Crippen molar-refractivity contribution in [1.29, 1.82) is 0 Å². The third kappa shape index (κ3) is 3.41. The van der Waals surface area contributed by atoms with Crippen molar-refractivity contribution < 1.29 is 9.59 Å². The van der Waals surface area contributed by atoms with Crippen molar-refractivity contribution >= 4 is 39.6 Å². The Labute approximate surface area is 160 Å². The molecule has 4 heterocycles. The second kappa shape index (κ2) is 7.46. The van der Waals surface area contributed by atoms with E-state index in [2.05, 4.69) is 22.1 Å². The van der Waals surface area contributed by atoms with Gasteiger partial charge in [0.1, 0.15) is 6.04 Å². The predicted molar refractivity (Wildman–Crippen MR) is 104 cm³/mol. The molecule has 4 rings (SSSR count). The number of rotatable bonds is 4. The van der Waals surface area contributed by atoms with Gasteiger partial charge in [0.2, 0.25) is 5.91 Å². The number of likely N-dealkylation sites (tertiary alicyclic amines) is 1. The SMILES string of the molecule is CCN1CCc2nc(NC(=O)[C@H]3CCCN3C(=O)c3cccs3)sc2C1. The lowest BCUT2D eigenvalue weighted by molar-refractivity contribution is -0.119. The van der Waals surface area contributed by atoms with Gasteiger partial charge in [0, 0.05) is 30.9 Å². The van der Waals surface area contributed by atoms with E-state index in [0.717, 1.165) is 38.2 Å². The number of nitrogens with zero attached hydrogens (tertiary/aromatic N) is 3. The lowest BCUT2D eigenvalue weighted by Gasteiger charge is -2.23. The summed E-state index contributed by atoms with van der Waals surface area (Å²) in [6, 6.07) is 3.27. The molecule has 2 aliphatic heterocycles. The molecule has 26 heavy (non-hydrogen) atoms. The van der Waals surface area contributed by atoms with Gasteiger partial charge >= 0.3 is 0 Å². The summed E-state index contributed by atoms with van der Waals surface area (Å²) in [4.78, 5) is 36.1. The molecule has 0 saturated carbocycles. The van der Waals surface area contributed by atoms with Crippen molar-refractivity contribution in [2.24, 2.45) is 0 Å². The van der Waals surface area contributed by atoms with Gasteiger partial charge in [-0.05, 0) is 30.8 Å². The van der Waals surface area contributed by atoms with Gasteiger partial charge in [0.05, 0.1) is 10.6 Å². The van der Waals surface area contributed by atoms with Gasteiger partial charge in [-0.1, -0.05) is 13.0 Å². The van der Waals surface area contributed by atoms with Gasteiger partial charge in [0.25, 0.3) is 5.91 Å². The number of aromatic nitrogens is 1. The predicted octanol–water partition coefficient (Wildman–Crippen LogP) is 2.83. The van der Waals surface area contributed by atoms with E-state index in [9.17, 15) is 9.59 Å². The van der Waals surface area contributed by atoms with E-state index in [1.807, 2.05) is 17.5 Å². The van der Waals surface area contributed by atoms with Crippen LogP contribution in [0.5, 0.6) is 0 Å². The van der Waals surface area contributed by atoms with E-state index in [-0.39, 0.29) is 11.8 Å². The standard InChI is InChI=1S/C18H22N4O2S2/c1-2-21-9-7-12-15(11-21)26-18(19-12)20-16(23)13-5-3-8-22(13)17(24)14-6-4-10-25-14/h4,6,10,13H,2-3,5,7-9,11H2,1H3,(H,19,20,23)/t13-/m1/s1. The number of anilines is 1. The first-order chi connectivity index (χ1) is 12.7. The molecule has 8 heteroatoms. The number of carbonyl (C=O) groups excluding carboxylic acids is 2. The van der Waals surface area contributed by atoms with E-state index in [4.69, 9.17) is 0 Å². The van der Waals surface area contributed by atoms with Crippen LogP contribution in [0.25, 0.3) is 0 Å². The summed E-state index contributed by atoms with van der Waals surface area (Å²) in [5, 5.41) is 5.51. The molecular weight excluding hydrogens is 368 g/mol. The second-order valence-electron chi connectivity index (χ2n) is 6.63. The van der Waals surface area contributed by atoms with Crippen molar-refractivity contribution in [3.8, 4) is 0 Å². The zero-order chi connectivity index (χ0) is 18.1. The van der Waals surface area contributed by atoms with E-state index in [1.165, 1.54) is 16.2 Å². The Morgan fingerprint density at radius 1 is 1.38 bits per heavy atom. The number of carbonyl (C=O) groups is 2. The first-order valence-corrected chi connectivity index (χ1v) is 10.7. The lowest BCUT2D eigenvalue weighted by atomic mass is 10.2. The van der Waals surface area contributed by atoms with Crippen LogP contribution in [-0.4, -0.2) is 52.3 Å². The topological polar surface area (TPSA) is 65.5 Å². The number of likely N-dealkylation sites (N-methyl/N-ethyl adjacent to an activating group) is 1. The molecule has 0 bridgehead atoms. The number of thiazole rings is 1. The van der Waals surface area contributed by atoms with Crippen LogP contribution >= 0.6 is 22.7 Å². The zero-order valence-electron chi connectivity index (χ0n) is 14.7. The molecule has 1 saturated heterocycles. The largest absolute Gasteiger partial charge is 0.326 e. The fraction of sp³-hybridized carbons (Fsp3) is 0.500. The zero-order valence-corrected chi connectivity index (χ0v) is 16.4. The normalized spacial score (nSPS) is 20.2. The number of thiophene rings is 1. The summed E-state index contributed by atoms with van der Waals surface area (Å²) < 4.78 is 0. The van der Waals surface area contributed by atoms with Crippen LogP contribution in [0, 0.1) is 0 Å². The Hall–Kier alpha value is -1.77. The van der Waals surface area contributed by atoms with Crippen molar-refractivity contribution in [3.63, 3.8) is 0 Å². The van der Waals surface area contributed by atoms with Crippen LogP contribution < -0.4 is 5.32 Å². The maximum atomic E-state index is 12.8. The third-order valence-electron chi connectivity index (χ3n) is 5.04. The quantitative estimate of drug-likeness (QED) is 0.872. The van der Waals surface area contributed by atoms with E-state index >= 15 is 0 Å². The first-order valence-electron chi connectivity index (χ1n) is 9.02. The molecule has 2 aliphatic rings. The summed E-state index contributed by atoms with van der Waals surface area (Å²) in [5.74, 6) is -0.166. The van der Waals surface area contributed by atoms with Gasteiger partial charge < -0.3 is 10.2 Å². The summed E-state index contributed by atoms with van der Waals surface area (Å²) in [6.07, 6.45) is 2.49. The van der Waals surface area contributed by atoms with Gasteiger partial charge in [-0.2, -0.15) is 0 Å². The molecule has 1 N–H and O–H groups in total. The van der Waals surface area contributed by atoms with Crippen LogP contribution in [0.4, 0.5) is 5.13 Å². The van der Waals surface area contributed by atoms with Crippen molar-refractivity contribution in [3.05, 3.63) is 33.0 Å². The number of amides is 2. The molecule has 0 aromatic carbocycles. The third-order valence-corrected chi connectivity index (χ3v) is 6.89.